The van der Waals surface area contributed by atoms with Crippen LogP contribution < -0.4 is 10.6 Å². The summed E-state index contributed by atoms with van der Waals surface area (Å²) in [5, 5.41) is 6.73. The molecule has 23 heavy (non-hydrogen) atoms. The normalized spacial score (nSPS) is 17.2. The van der Waals surface area contributed by atoms with Crippen molar-refractivity contribution in [1.82, 2.24) is 20.5 Å². The second kappa shape index (κ2) is 10.2. The lowest BCUT2D eigenvalue weighted by molar-refractivity contribution is 0.291. The van der Waals surface area contributed by atoms with E-state index in [1.807, 2.05) is 18.3 Å². The minimum Gasteiger partial charge on any atom is -0.357 e. The van der Waals surface area contributed by atoms with Gasteiger partial charge in [-0.05, 0) is 50.9 Å². The number of hydrogen-bond donors (Lipinski definition) is 2. The van der Waals surface area contributed by atoms with E-state index in [0.29, 0.717) is 5.92 Å². The number of likely N-dealkylation sites (tertiary alicyclic amines) is 1. The highest BCUT2D eigenvalue weighted by Gasteiger charge is 2.14. The minimum absolute atomic E-state index is 0.597. The third kappa shape index (κ3) is 6.99. The van der Waals surface area contributed by atoms with Crippen molar-refractivity contribution < 1.29 is 0 Å². The van der Waals surface area contributed by atoms with Gasteiger partial charge in [0.1, 0.15) is 0 Å². The average molecular weight is 317 g/mol. The SMILES string of the molecule is CCNC(=NCC(C)CN1CCCC1)NCCc1ccccn1. The van der Waals surface area contributed by atoms with Crippen molar-refractivity contribution in [2.24, 2.45) is 10.9 Å². The van der Waals surface area contributed by atoms with Crippen molar-refractivity contribution in [2.75, 3.05) is 39.3 Å². The van der Waals surface area contributed by atoms with E-state index in [-0.39, 0.29) is 0 Å². The molecule has 2 rings (SSSR count). The third-order valence-electron chi connectivity index (χ3n) is 4.07. The van der Waals surface area contributed by atoms with Crippen molar-refractivity contribution in [3.63, 3.8) is 0 Å². The highest BCUT2D eigenvalue weighted by molar-refractivity contribution is 5.79. The summed E-state index contributed by atoms with van der Waals surface area (Å²) in [5.74, 6) is 1.51. The van der Waals surface area contributed by atoms with Crippen LogP contribution in [0.25, 0.3) is 0 Å². The number of nitrogens with one attached hydrogen (secondary N) is 2. The molecule has 0 spiro atoms. The molecule has 0 saturated carbocycles. The Bertz CT molecular complexity index is 454. The summed E-state index contributed by atoms with van der Waals surface area (Å²) in [5.41, 5.74) is 1.11. The van der Waals surface area contributed by atoms with Gasteiger partial charge in [0.05, 0.1) is 0 Å². The molecule has 1 aliphatic rings. The number of guanidine groups is 1. The molecular formula is C18H31N5. The second-order valence-corrected chi connectivity index (χ2v) is 6.33. The molecule has 128 valence electrons. The van der Waals surface area contributed by atoms with Crippen molar-refractivity contribution in [2.45, 2.75) is 33.1 Å². The lowest BCUT2D eigenvalue weighted by atomic mass is 10.2. The molecule has 5 nitrogen and oxygen atoms in total. The topological polar surface area (TPSA) is 52.6 Å². The van der Waals surface area contributed by atoms with Gasteiger partial charge >= 0.3 is 0 Å². The van der Waals surface area contributed by atoms with E-state index in [9.17, 15) is 0 Å². The molecule has 1 saturated heterocycles. The molecule has 1 fully saturated rings. The summed E-state index contributed by atoms with van der Waals surface area (Å²) >= 11 is 0. The quantitative estimate of drug-likeness (QED) is 0.568. The van der Waals surface area contributed by atoms with E-state index in [4.69, 9.17) is 4.99 Å². The minimum atomic E-state index is 0.597. The fourth-order valence-corrected chi connectivity index (χ4v) is 2.91. The number of rotatable bonds is 8. The maximum Gasteiger partial charge on any atom is 0.191 e. The number of pyridine rings is 1. The van der Waals surface area contributed by atoms with Crippen molar-refractivity contribution in [3.8, 4) is 0 Å². The zero-order valence-corrected chi connectivity index (χ0v) is 14.6. The Labute approximate surface area is 140 Å². The number of hydrogen-bond acceptors (Lipinski definition) is 3. The Balaban J connectivity index is 1.72. The van der Waals surface area contributed by atoms with Crippen molar-refractivity contribution in [3.05, 3.63) is 30.1 Å². The van der Waals surface area contributed by atoms with Crippen molar-refractivity contribution >= 4 is 5.96 Å². The molecule has 1 aliphatic heterocycles. The predicted molar refractivity (Wildman–Crippen MR) is 96.8 cm³/mol. The maximum absolute atomic E-state index is 4.73. The summed E-state index contributed by atoms with van der Waals surface area (Å²) in [4.78, 5) is 11.6. The summed E-state index contributed by atoms with van der Waals surface area (Å²) < 4.78 is 0. The van der Waals surface area contributed by atoms with Crippen LogP contribution in [0.4, 0.5) is 0 Å². The number of nitrogens with zero attached hydrogens (tertiary/aromatic N) is 3. The summed E-state index contributed by atoms with van der Waals surface area (Å²) in [6.07, 6.45) is 5.46. The first-order chi connectivity index (χ1) is 11.3. The first-order valence-electron chi connectivity index (χ1n) is 8.92. The standard InChI is InChI=1S/C18H31N5/c1-3-19-18(21-11-9-17-8-4-5-10-20-17)22-14-16(2)15-23-12-6-7-13-23/h4-5,8,10,16H,3,6-7,9,11-15H2,1-2H3,(H2,19,21,22). The van der Waals surface area contributed by atoms with Gasteiger partial charge in [-0.2, -0.15) is 0 Å². The fraction of sp³-hybridized carbons (Fsp3) is 0.667. The number of aromatic nitrogens is 1. The van der Waals surface area contributed by atoms with Crippen molar-refractivity contribution in [1.29, 1.82) is 0 Å². The lowest BCUT2D eigenvalue weighted by Crippen LogP contribution is -2.39. The molecule has 1 unspecified atom stereocenters. The summed E-state index contributed by atoms with van der Waals surface area (Å²) in [6.45, 7) is 10.7. The Morgan fingerprint density at radius 1 is 1.30 bits per heavy atom. The van der Waals surface area contributed by atoms with Crippen LogP contribution in [0.5, 0.6) is 0 Å². The average Bonchev–Trinajstić information content (AvgIpc) is 3.06. The molecule has 2 heterocycles. The molecule has 0 aliphatic carbocycles. The zero-order chi connectivity index (χ0) is 16.3. The Morgan fingerprint density at radius 2 is 2.13 bits per heavy atom. The number of aliphatic imine (C=N–C) groups is 1. The van der Waals surface area contributed by atoms with Gasteiger partial charge in [-0.25, -0.2) is 0 Å². The van der Waals surface area contributed by atoms with Crippen LogP contribution in [-0.2, 0) is 6.42 Å². The third-order valence-corrected chi connectivity index (χ3v) is 4.07. The Kier molecular flexibility index (Phi) is 7.87. The summed E-state index contributed by atoms with van der Waals surface area (Å²) in [6, 6.07) is 6.04. The van der Waals surface area contributed by atoms with Crippen LogP contribution in [-0.4, -0.2) is 55.1 Å². The van der Waals surface area contributed by atoms with E-state index in [0.717, 1.165) is 44.3 Å². The molecule has 1 aromatic rings. The Morgan fingerprint density at radius 3 is 2.83 bits per heavy atom. The van der Waals surface area contributed by atoms with Gasteiger partial charge < -0.3 is 15.5 Å². The van der Waals surface area contributed by atoms with Crippen LogP contribution in [0.1, 0.15) is 32.4 Å². The molecule has 0 amide bonds. The molecule has 1 atom stereocenters. The monoisotopic (exact) mass is 317 g/mol. The molecule has 1 aromatic heterocycles. The first-order valence-corrected chi connectivity index (χ1v) is 8.92. The molecule has 0 bridgehead atoms. The van der Waals surface area contributed by atoms with Crippen LogP contribution >= 0.6 is 0 Å². The summed E-state index contributed by atoms with van der Waals surface area (Å²) in [7, 11) is 0. The molecular weight excluding hydrogens is 286 g/mol. The predicted octanol–water partition coefficient (Wildman–Crippen LogP) is 1.91. The first kappa shape index (κ1) is 17.7. The lowest BCUT2D eigenvalue weighted by Gasteiger charge is -2.19. The van der Waals surface area contributed by atoms with Gasteiger partial charge in [-0.1, -0.05) is 13.0 Å². The largest absolute Gasteiger partial charge is 0.357 e. The fourth-order valence-electron chi connectivity index (χ4n) is 2.91. The van der Waals surface area contributed by atoms with E-state index >= 15 is 0 Å². The van der Waals surface area contributed by atoms with Gasteiger partial charge in [0, 0.05) is 44.5 Å². The van der Waals surface area contributed by atoms with Gasteiger partial charge in [0.15, 0.2) is 5.96 Å². The highest BCUT2D eigenvalue weighted by atomic mass is 15.2. The van der Waals surface area contributed by atoms with Crippen LogP contribution in [0, 0.1) is 5.92 Å². The van der Waals surface area contributed by atoms with Crippen LogP contribution in [0.3, 0.4) is 0 Å². The highest BCUT2D eigenvalue weighted by Crippen LogP contribution is 2.10. The zero-order valence-electron chi connectivity index (χ0n) is 14.6. The molecule has 0 aromatic carbocycles. The van der Waals surface area contributed by atoms with Gasteiger partial charge in [0.2, 0.25) is 0 Å². The maximum atomic E-state index is 4.73. The van der Waals surface area contributed by atoms with Gasteiger partial charge in [-0.15, -0.1) is 0 Å². The van der Waals surface area contributed by atoms with Gasteiger partial charge in [-0.3, -0.25) is 9.98 Å². The van der Waals surface area contributed by atoms with E-state index in [2.05, 4.69) is 40.4 Å². The van der Waals surface area contributed by atoms with Crippen LogP contribution in [0.2, 0.25) is 0 Å². The molecule has 0 radical (unpaired) electrons. The van der Waals surface area contributed by atoms with Gasteiger partial charge in [0.25, 0.3) is 0 Å². The molecule has 5 heteroatoms. The van der Waals surface area contributed by atoms with E-state index in [1.165, 1.54) is 25.9 Å². The molecule has 2 N–H and O–H groups in total. The van der Waals surface area contributed by atoms with Crippen LogP contribution in [0.15, 0.2) is 29.4 Å². The second-order valence-electron chi connectivity index (χ2n) is 6.33. The Hall–Kier alpha value is -1.62. The van der Waals surface area contributed by atoms with E-state index < -0.39 is 0 Å². The smallest absolute Gasteiger partial charge is 0.191 e. The van der Waals surface area contributed by atoms with E-state index in [1.54, 1.807) is 0 Å².